The average Bonchev–Trinajstić information content (AvgIpc) is 2.98. The quantitative estimate of drug-likeness (QED) is 0.818. The average molecular weight is 343 g/mol. The van der Waals surface area contributed by atoms with Crippen LogP contribution in [0.15, 0.2) is 12.1 Å². The smallest absolute Gasteiger partial charge is 0.354 e. The molecule has 0 unspecified atom stereocenters. The zero-order chi connectivity index (χ0) is 17.9. The van der Waals surface area contributed by atoms with Gasteiger partial charge in [0, 0.05) is 24.5 Å². The Balaban J connectivity index is 1.79. The second-order valence-corrected chi connectivity index (χ2v) is 5.68. The number of aromatic nitrogens is 4. The Morgan fingerprint density at radius 3 is 2.33 bits per heavy atom. The molecule has 6 nitrogen and oxygen atoms in total. The van der Waals surface area contributed by atoms with Crippen molar-refractivity contribution in [2.45, 2.75) is 46.5 Å². The first-order valence-electron chi connectivity index (χ1n) is 7.56. The number of halogens is 3. The Hall–Kier alpha value is -2.32. The Bertz CT molecular complexity index is 717. The van der Waals surface area contributed by atoms with E-state index in [2.05, 4.69) is 15.5 Å². The van der Waals surface area contributed by atoms with Crippen molar-refractivity contribution in [2.24, 2.45) is 0 Å². The SMILES string of the molecule is Cc1cc(C)n(CCCNC(=O)Cn2nc(C(F)(F)F)cc2C)n1. The molecule has 0 saturated heterocycles. The standard InChI is InChI=1S/C15H20F3N5O/c1-10-7-11(2)22(20-10)6-4-5-19-14(24)9-23-12(3)8-13(21-23)15(16,17)18/h7-8H,4-6,9H2,1-3H3,(H,19,24). The molecule has 0 aromatic carbocycles. The molecule has 0 saturated carbocycles. The van der Waals surface area contributed by atoms with Crippen LogP contribution < -0.4 is 5.32 Å². The molecular formula is C15H20F3N5O. The van der Waals surface area contributed by atoms with E-state index in [1.54, 1.807) is 0 Å². The van der Waals surface area contributed by atoms with Gasteiger partial charge in [0.1, 0.15) is 6.54 Å². The van der Waals surface area contributed by atoms with Crippen molar-refractivity contribution in [3.8, 4) is 0 Å². The number of carbonyl (C=O) groups is 1. The third-order valence-corrected chi connectivity index (χ3v) is 3.54. The van der Waals surface area contributed by atoms with E-state index >= 15 is 0 Å². The number of nitrogens with zero attached hydrogens (tertiary/aromatic N) is 4. The number of aryl methyl sites for hydroxylation is 4. The second-order valence-electron chi connectivity index (χ2n) is 5.68. The van der Waals surface area contributed by atoms with Crippen LogP contribution in [0.1, 0.15) is 29.2 Å². The van der Waals surface area contributed by atoms with Gasteiger partial charge in [0.2, 0.25) is 5.91 Å². The lowest BCUT2D eigenvalue weighted by atomic mass is 10.3. The minimum Gasteiger partial charge on any atom is -0.354 e. The second kappa shape index (κ2) is 7.06. The highest BCUT2D eigenvalue weighted by molar-refractivity contribution is 5.75. The lowest BCUT2D eigenvalue weighted by Crippen LogP contribution is -2.30. The summed E-state index contributed by atoms with van der Waals surface area (Å²) in [4.78, 5) is 11.8. The number of rotatable bonds is 6. The van der Waals surface area contributed by atoms with Gasteiger partial charge in [-0.1, -0.05) is 0 Å². The third kappa shape index (κ3) is 4.59. The van der Waals surface area contributed by atoms with E-state index in [9.17, 15) is 18.0 Å². The van der Waals surface area contributed by atoms with Crippen molar-refractivity contribution in [2.75, 3.05) is 6.54 Å². The fraction of sp³-hybridized carbons (Fsp3) is 0.533. The highest BCUT2D eigenvalue weighted by Gasteiger charge is 2.34. The van der Waals surface area contributed by atoms with Crippen LogP contribution in [0.5, 0.6) is 0 Å². The molecule has 0 radical (unpaired) electrons. The van der Waals surface area contributed by atoms with Gasteiger partial charge in [-0.25, -0.2) is 0 Å². The van der Waals surface area contributed by atoms with Crippen LogP contribution in [-0.4, -0.2) is 32.0 Å². The van der Waals surface area contributed by atoms with Crippen LogP contribution in [-0.2, 0) is 24.1 Å². The van der Waals surface area contributed by atoms with Gasteiger partial charge in [0.25, 0.3) is 0 Å². The lowest BCUT2D eigenvalue weighted by Gasteiger charge is -2.08. The van der Waals surface area contributed by atoms with Gasteiger partial charge in [-0.3, -0.25) is 14.2 Å². The molecular weight excluding hydrogens is 323 g/mol. The van der Waals surface area contributed by atoms with Gasteiger partial charge in [-0.2, -0.15) is 23.4 Å². The molecule has 2 heterocycles. The molecule has 2 aromatic heterocycles. The molecule has 0 aliphatic carbocycles. The van der Waals surface area contributed by atoms with Crippen molar-refractivity contribution in [3.05, 3.63) is 34.9 Å². The zero-order valence-corrected chi connectivity index (χ0v) is 13.8. The Morgan fingerprint density at radius 2 is 1.79 bits per heavy atom. The number of alkyl halides is 3. The number of carbonyl (C=O) groups excluding carboxylic acids is 1. The van der Waals surface area contributed by atoms with E-state index < -0.39 is 11.9 Å². The van der Waals surface area contributed by atoms with Crippen LogP contribution in [0.4, 0.5) is 13.2 Å². The van der Waals surface area contributed by atoms with Gasteiger partial charge in [-0.15, -0.1) is 0 Å². The Labute approximate surface area is 137 Å². The van der Waals surface area contributed by atoms with E-state index in [4.69, 9.17) is 0 Å². The molecule has 24 heavy (non-hydrogen) atoms. The predicted molar refractivity (Wildman–Crippen MR) is 81.3 cm³/mol. The molecule has 0 spiro atoms. The molecule has 0 bridgehead atoms. The lowest BCUT2D eigenvalue weighted by molar-refractivity contribution is -0.141. The Kier molecular flexibility index (Phi) is 5.30. The molecule has 132 valence electrons. The van der Waals surface area contributed by atoms with E-state index in [0.29, 0.717) is 25.2 Å². The molecule has 0 fully saturated rings. The summed E-state index contributed by atoms with van der Waals surface area (Å²) in [6, 6.07) is 2.90. The fourth-order valence-corrected chi connectivity index (χ4v) is 2.36. The summed E-state index contributed by atoms with van der Waals surface area (Å²) in [5.74, 6) is -0.372. The van der Waals surface area contributed by atoms with Gasteiger partial charge in [0.15, 0.2) is 5.69 Å². The summed E-state index contributed by atoms with van der Waals surface area (Å²) < 4.78 is 40.6. The Morgan fingerprint density at radius 1 is 1.12 bits per heavy atom. The molecule has 2 aromatic rings. The van der Waals surface area contributed by atoms with Crippen LogP contribution >= 0.6 is 0 Å². The maximum Gasteiger partial charge on any atom is 0.435 e. The normalized spacial score (nSPS) is 11.8. The summed E-state index contributed by atoms with van der Waals surface area (Å²) in [6.45, 7) is 6.20. The monoisotopic (exact) mass is 343 g/mol. The third-order valence-electron chi connectivity index (χ3n) is 3.54. The summed E-state index contributed by atoms with van der Waals surface area (Å²) in [5.41, 5.74) is 1.29. The molecule has 1 amide bonds. The molecule has 0 aliphatic rings. The van der Waals surface area contributed by atoms with Crippen LogP contribution in [0.3, 0.4) is 0 Å². The first kappa shape index (κ1) is 18.0. The minimum atomic E-state index is -4.51. The van der Waals surface area contributed by atoms with E-state index in [0.717, 1.165) is 22.1 Å². The van der Waals surface area contributed by atoms with Gasteiger partial charge >= 0.3 is 6.18 Å². The summed E-state index contributed by atoms with van der Waals surface area (Å²) >= 11 is 0. The van der Waals surface area contributed by atoms with E-state index in [-0.39, 0.29) is 12.5 Å². The molecule has 9 heteroatoms. The summed E-state index contributed by atoms with van der Waals surface area (Å²) in [5, 5.41) is 10.4. The van der Waals surface area contributed by atoms with E-state index in [1.165, 1.54) is 6.92 Å². The first-order valence-corrected chi connectivity index (χ1v) is 7.56. The maximum atomic E-state index is 12.6. The summed E-state index contributed by atoms with van der Waals surface area (Å²) in [7, 11) is 0. The fourth-order valence-electron chi connectivity index (χ4n) is 2.36. The van der Waals surface area contributed by atoms with Crippen LogP contribution in [0.25, 0.3) is 0 Å². The van der Waals surface area contributed by atoms with E-state index in [1.807, 2.05) is 24.6 Å². The molecule has 2 rings (SSSR count). The zero-order valence-electron chi connectivity index (χ0n) is 13.8. The van der Waals surface area contributed by atoms with Crippen molar-refractivity contribution in [1.29, 1.82) is 0 Å². The molecule has 1 N–H and O–H groups in total. The highest BCUT2D eigenvalue weighted by atomic mass is 19.4. The number of amides is 1. The van der Waals surface area contributed by atoms with Crippen LogP contribution in [0.2, 0.25) is 0 Å². The predicted octanol–water partition coefficient (Wildman–Crippen LogP) is 2.23. The van der Waals surface area contributed by atoms with Crippen LogP contribution in [0, 0.1) is 20.8 Å². The highest BCUT2D eigenvalue weighted by Crippen LogP contribution is 2.28. The minimum absolute atomic E-state index is 0.234. The van der Waals surface area contributed by atoms with Crippen molar-refractivity contribution < 1.29 is 18.0 Å². The van der Waals surface area contributed by atoms with Gasteiger partial charge in [0.05, 0.1) is 5.69 Å². The summed E-state index contributed by atoms with van der Waals surface area (Å²) in [6.07, 6.45) is -3.83. The number of nitrogens with one attached hydrogen (secondary N) is 1. The van der Waals surface area contributed by atoms with Crippen molar-refractivity contribution in [3.63, 3.8) is 0 Å². The van der Waals surface area contributed by atoms with Crippen molar-refractivity contribution in [1.82, 2.24) is 24.9 Å². The van der Waals surface area contributed by atoms with Gasteiger partial charge < -0.3 is 5.32 Å². The number of hydrogen-bond donors (Lipinski definition) is 1. The first-order chi connectivity index (χ1) is 11.2. The largest absolute Gasteiger partial charge is 0.435 e. The molecule has 0 atom stereocenters. The van der Waals surface area contributed by atoms with Gasteiger partial charge in [-0.05, 0) is 39.3 Å². The number of hydrogen-bond acceptors (Lipinski definition) is 3. The van der Waals surface area contributed by atoms with Crippen molar-refractivity contribution >= 4 is 5.91 Å². The maximum absolute atomic E-state index is 12.6. The topological polar surface area (TPSA) is 64.7 Å². The molecule has 0 aliphatic heterocycles.